The summed E-state index contributed by atoms with van der Waals surface area (Å²) in [7, 11) is 0. The maximum absolute atomic E-state index is 8.77. The maximum Gasteiger partial charge on any atom is 0.215 e. The van der Waals surface area contributed by atoms with Crippen LogP contribution in [0.25, 0.3) is 0 Å². The second-order valence-corrected chi connectivity index (χ2v) is 2.24. The zero-order chi connectivity index (χ0) is 8.10. The van der Waals surface area contributed by atoms with Gasteiger partial charge in [0.25, 0.3) is 0 Å². The molecule has 0 aromatic rings. The molecule has 0 unspecified atom stereocenters. The fraction of sp³-hybridized carbons (Fsp3) is 0.571. The van der Waals surface area contributed by atoms with Gasteiger partial charge in [-0.1, -0.05) is 0 Å². The van der Waals surface area contributed by atoms with Gasteiger partial charge in [0.15, 0.2) is 0 Å². The Hall–Kier alpha value is -1.03. The number of rotatable bonds is 2. The Balaban J connectivity index is 2.63. The van der Waals surface area contributed by atoms with E-state index in [1.54, 1.807) is 0 Å². The Kier molecular flexibility index (Phi) is 2.92. The van der Waals surface area contributed by atoms with Crippen molar-refractivity contribution in [2.24, 2.45) is 10.7 Å². The third-order valence-electron chi connectivity index (χ3n) is 1.44. The van der Waals surface area contributed by atoms with Gasteiger partial charge in [-0.3, -0.25) is 4.99 Å². The molecule has 0 radical (unpaired) electrons. The molecule has 0 aliphatic carbocycles. The smallest absolute Gasteiger partial charge is 0.215 e. The average Bonchev–Trinajstić information content (AvgIpc) is 2.09. The molecule has 1 aliphatic heterocycles. The van der Waals surface area contributed by atoms with Crippen molar-refractivity contribution in [3.8, 4) is 0 Å². The van der Waals surface area contributed by atoms with E-state index in [2.05, 4.69) is 4.99 Å². The van der Waals surface area contributed by atoms with Crippen molar-refractivity contribution in [3.63, 3.8) is 0 Å². The van der Waals surface area contributed by atoms with Crippen LogP contribution in [0.4, 0.5) is 0 Å². The SMILES string of the molecule is N/C=C(/CO)C1=NCCCO1. The Morgan fingerprint density at radius 2 is 2.64 bits per heavy atom. The summed E-state index contributed by atoms with van der Waals surface area (Å²) in [4.78, 5) is 4.06. The Morgan fingerprint density at radius 1 is 1.82 bits per heavy atom. The van der Waals surface area contributed by atoms with Crippen molar-refractivity contribution in [2.45, 2.75) is 6.42 Å². The predicted octanol–water partition coefficient (Wildman–Crippen LogP) is -0.360. The summed E-state index contributed by atoms with van der Waals surface area (Å²) in [6.45, 7) is 1.30. The molecular formula is C7H12N2O2. The van der Waals surface area contributed by atoms with Crippen molar-refractivity contribution in [1.29, 1.82) is 0 Å². The van der Waals surface area contributed by atoms with Crippen LogP contribution in [0.5, 0.6) is 0 Å². The van der Waals surface area contributed by atoms with E-state index in [1.165, 1.54) is 6.20 Å². The fourth-order valence-corrected chi connectivity index (χ4v) is 0.846. The highest BCUT2D eigenvalue weighted by Crippen LogP contribution is 2.04. The summed E-state index contributed by atoms with van der Waals surface area (Å²) in [5.41, 5.74) is 5.79. The normalized spacial score (nSPS) is 19.0. The first-order chi connectivity index (χ1) is 5.38. The van der Waals surface area contributed by atoms with E-state index >= 15 is 0 Å². The van der Waals surface area contributed by atoms with Gasteiger partial charge in [-0.2, -0.15) is 0 Å². The van der Waals surface area contributed by atoms with Gasteiger partial charge in [0, 0.05) is 19.2 Å². The fourth-order valence-electron chi connectivity index (χ4n) is 0.846. The van der Waals surface area contributed by atoms with E-state index in [-0.39, 0.29) is 6.61 Å². The van der Waals surface area contributed by atoms with Crippen molar-refractivity contribution in [2.75, 3.05) is 19.8 Å². The van der Waals surface area contributed by atoms with Crippen molar-refractivity contribution < 1.29 is 9.84 Å². The first kappa shape index (κ1) is 8.07. The molecule has 0 aromatic heterocycles. The summed E-state index contributed by atoms with van der Waals surface area (Å²) in [6.07, 6.45) is 2.26. The van der Waals surface area contributed by atoms with Gasteiger partial charge in [0.1, 0.15) is 0 Å². The van der Waals surface area contributed by atoms with Gasteiger partial charge in [0.05, 0.1) is 18.8 Å². The summed E-state index contributed by atoms with van der Waals surface area (Å²) in [6, 6.07) is 0. The van der Waals surface area contributed by atoms with Gasteiger partial charge < -0.3 is 15.6 Å². The van der Waals surface area contributed by atoms with Crippen LogP contribution in [0.3, 0.4) is 0 Å². The topological polar surface area (TPSA) is 67.8 Å². The molecule has 1 heterocycles. The van der Waals surface area contributed by atoms with E-state index in [0.29, 0.717) is 18.1 Å². The highest BCUT2D eigenvalue weighted by molar-refractivity contribution is 5.93. The van der Waals surface area contributed by atoms with E-state index in [0.717, 1.165) is 13.0 Å². The molecule has 0 atom stereocenters. The number of hydrogen-bond acceptors (Lipinski definition) is 4. The van der Waals surface area contributed by atoms with Crippen LogP contribution < -0.4 is 5.73 Å². The quantitative estimate of drug-likeness (QED) is 0.573. The van der Waals surface area contributed by atoms with Crippen LogP contribution in [-0.2, 0) is 4.74 Å². The molecule has 0 amide bonds. The number of aliphatic hydroxyl groups is 1. The molecule has 0 spiro atoms. The third-order valence-corrected chi connectivity index (χ3v) is 1.44. The minimum absolute atomic E-state index is 0.116. The number of hydrogen-bond donors (Lipinski definition) is 2. The lowest BCUT2D eigenvalue weighted by atomic mass is 10.3. The predicted molar refractivity (Wildman–Crippen MR) is 42.2 cm³/mol. The molecule has 1 aliphatic rings. The van der Waals surface area contributed by atoms with E-state index in [1.807, 2.05) is 0 Å². The second kappa shape index (κ2) is 3.98. The van der Waals surface area contributed by atoms with Crippen LogP contribution in [0, 0.1) is 0 Å². The average molecular weight is 156 g/mol. The lowest BCUT2D eigenvalue weighted by Gasteiger charge is -2.14. The Morgan fingerprint density at radius 3 is 3.09 bits per heavy atom. The van der Waals surface area contributed by atoms with Crippen LogP contribution in [-0.4, -0.2) is 30.8 Å². The van der Waals surface area contributed by atoms with E-state index in [9.17, 15) is 0 Å². The van der Waals surface area contributed by atoms with Crippen molar-refractivity contribution in [1.82, 2.24) is 0 Å². The summed E-state index contributed by atoms with van der Waals surface area (Å²) in [5.74, 6) is 0.487. The van der Waals surface area contributed by atoms with E-state index < -0.39 is 0 Å². The standard InChI is InChI=1S/C7H12N2O2/c8-4-6(5-10)7-9-2-1-3-11-7/h4,10H,1-3,5,8H2/b6-4-. The number of aliphatic imine (C=N–C) groups is 1. The monoisotopic (exact) mass is 156 g/mol. The zero-order valence-corrected chi connectivity index (χ0v) is 6.29. The largest absolute Gasteiger partial charge is 0.478 e. The molecule has 0 saturated heterocycles. The zero-order valence-electron chi connectivity index (χ0n) is 6.29. The molecular weight excluding hydrogens is 144 g/mol. The molecule has 4 nitrogen and oxygen atoms in total. The number of aliphatic hydroxyl groups excluding tert-OH is 1. The lowest BCUT2D eigenvalue weighted by molar-refractivity contribution is 0.272. The number of nitrogens with two attached hydrogens (primary N) is 1. The summed E-state index contributed by atoms with van der Waals surface area (Å²) in [5, 5.41) is 8.77. The minimum atomic E-state index is -0.116. The third kappa shape index (κ3) is 1.94. The molecule has 1 rings (SSSR count). The first-order valence-corrected chi connectivity index (χ1v) is 3.57. The molecule has 0 aromatic carbocycles. The van der Waals surface area contributed by atoms with Crippen LogP contribution >= 0.6 is 0 Å². The van der Waals surface area contributed by atoms with Gasteiger partial charge >= 0.3 is 0 Å². The first-order valence-electron chi connectivity index (χ1n) is 3.57. The van der Waals surface area contributed by atoms with Gasteiger partial charge in [-0.15, -0.1) is 0 Å². The van der Waals surface area contributed by atoms with E-state index in [4.69, 9.17) is 15.6 Å². The Bertz CT molecular complexity index is 187. The molecule has 3 N–H and O–H groups in total. The van der Waals surface area contributed by atoms with Crippen LogP contribution in [0.15, 0.2) is 16.8 Å². The molecule has 4 heteroatoms. The lowest BCUT2D eigenvalue weighted by Crippen LogP contribution is -2.18. The molecule has 0 fully saturated rings. The highest BCUT2D eigenvalue weighted by atomic mass is 16.5. The molecule has 0 bridgehead atoms. The second-order valence-electron chi connectivity index (χ2n) is 2.24. The number of nitrogens with zero attached hydrogens (tertiary/aromatic N) is 1. The van der Waals surface area contributed by atoms with Crippen LogP contribution in [0.2, 0.25) is 0 Å². The van der Waals surface area contributed by atoms with Gasteiger partial charge in [-0.25, -0.2) is 0 Å². The maximum atomic E-state index is 8.77. The van der Waals surface area contributed by atoms with Crippen LogP contribution in [0.1, 0.15) is 6.42 Å². The molecule has 0 saturated carbocycles. The molecule has 11 heavy (non-hydrogen) atoms. The molecule has 62 valence electrons. The summed E-state index contributed by atoms with van der Waals surface area (Å²) < 4.78 is 5.16. The minimum Gasteiger partial charge on any atom is -0.478 e. The van der Waals surface area contributed by atoms with Crippen molar-refractivity contribution >= 4 is 5.90 Å². The number of ether oxygens (including phenoxy) is 1. The van der Waals surface area contributed by atoms with Gasteiger partial charge in [-0.05, 0) is 0 Å². The summed E-state index contributed by atoms with van der Waals surface area (Å²) >= 11 is 0. The van der Waals surface area contributed by atoms with Crippen molar-refractivity contribution in [3.05, 3.63) is 11.8 Å². The Labute approximate surface area is 65.4 Å². The highest BCUT2D eigenvalue weighted by Gasteiger charge is 2.09. The van der Waals surface area contributed by atoms with Gasteiger partial charge in [0.2, 0.25) is 5.90 Å².